The van der Waals surface area contributed by atoms with E-state index in [2.05, 4.69) is 10.5 Å². The smallest absolute Gasteiger partial charge is 0.295 e. The van der Waals surface area contributed by atoms with Crippen molar-refractivity contribution in [1.82, 2.24) is 4.31 Å². The first-order chi connectivity index (χ1) is 12.3. The Morgan fingerprint density at radius 3 is 2.54 bits per heavy atom. The Balaban J connectivity index is 2.38. The second-order valence-electron chi connectivity index (χ2n) is 5.31. The fourth-order valence-electron chi connectivity index (χ4n) is 2.31. The van der Waals surface area contributed by atoms with Crippen LogP contribution in [0.5, 0.6) is 0 Å². The zero-order valence-corrected chi connectivity index (χ0v) is 15.5. The maximum atomic E-state index is 12.5. The molecule has 2 rings (SSSR count). The second-order valence-corrected chi connectivity index (χ2v) is 7.25. The van der Waals surface area contributed by atoms with Crippen LogP contribution in [0.4, 0.5) is 11.4 Å². The molecule has 0 spiro atoms. The van der Waals surface area contributed by atoms with Crippen molar-refractivity contribution in [2.75, 3.05) is 18.5 Å². The lowest BCUT2D eigenvalue weighted by Gasteiger charge is -2.18. The van der Waals surface area contributed by atoms with Gasteiger partial charge in [0.1, 0.15) is 17.2 Å². The number of benzene rings is 1. The van der Waals surface area contributed by atoms with Gasteiger partial charge in [0.2, 0.25) is 10.0 Å². The lowest BCUT2D eigenvalue weighted by atomic mass is 10.3. The van der Waals surface area contributed by atoms with E-state index in [1.54, 1.807) is 32.9 Å². The second kappa shape index (κ2) is 8.11. The zero-order valence-electron chi connectivity index (χ0n) is 14.7. The van der Waals surface area contributed by atoms with Gasteiger partial charge in [-0.2, -0.15) is 9.41 Å². The summed E-state index contributed by atoms with van der Waals surface area (Å²) < 4.78 is 31.5. The number of hydrazone groups is 1. The molecule has 0 unspecified atom stereocenters. The molecule has 0 amide bonds. The van der Waals surface area contributed by atoms with Crippen molar-refractivity contribution >= 4 is 27.1 Å². The maximum Gasteiger partial charge on any atom is 0.295 e. The van der Waals surface area contributed by atoms with Gasteiger partial charge in [-0.3, -0.25) is 15.5 Å². The summed E-state index contributed by atoms with van der Waals surface area (Å²) in [6.07, 6.45) is 1.49. The van der Waals surface area contributed by atoms with Crippen LogP contribution in [0.2, 0.25) is 0 Å². The fourth-order valence-corrected chi connectivity index (χ4v) is 3.79. The summed E-state index contributed by atoms with van der Waals surface area (Å²) in [6.45, 7) is 5.64. The van der Waals surface area contributed by atoms with Crippen LogP contribution in [-0.2, 0) is 10.0 Å². The third-order valence-corrected chi connectivity index (χ3v) is 5.78. The maximum absolute atomic E-state index is 12.5. The Morgan fingerprint density at radius 2 is 2.00 bits per heavy atom. The summed E-state index contributed by atoms with van der Waals surface area (Å²) >= 11 is 0. The molecule has 1 aromatic carbocycles. The number of hydrogen-bond acceptors (Lipinski definition) is 7. The van der Waals surface area contributed by atoms with Gasteiger partial charge in [-0.15, -0.1) is 0 Å². The van der Waals surface area contributed by atoms with E-state index >= 15 is 0 Å². The molecular formula is C16H20N4O5S. The number of nitro groups is 1. The molecular weight excluding hydrogens is 360 g/mol. The first-order valence-electron chi connectivity index (χ1n) is 7.94. The topological polar surface area (TPSA) is 118 Å². The number of anilines is 1. The number of nitro benzene ring substituents is 1. The van der Waals surface area contributed by atoms with Crippen LogP contribution in [0.3, 0.4) is 0 Å². The van der Waals surface area contributed by atoms with E-state index in [0.717, 1.165) is 6.07 Å². The van der Waals surface area contributed by atoms with E-state index in [-0.39, 0.29) is 29.4 Å². The van der Waals surface area contributed by atoms with Crippen molar-refractivity contribution in [1.29, 1.82) is 0 Å². The minimum absolute atomic E-state index is 0.0828. The van der Waals surface area contributed by atoms with Crippen LogP contribution in [-0.4, -0.2) is 36.4 Å². The van der Waals surface area contributed by atoms with Gasteiger partial charge in [-0.1, -0.05) is 13.8 Å². The van der Waals surface area contributed by atoms with Gasteiger partial charge in [0.05, 0.1) is 16.1 Å². The summed E-state index contributed by atoms with van der Waals surface area (Å²) in [5, 5.41) is 15.4. The van der Waals surface area contributed by atoms with Crippen molar-refractivity contribution in [3.8, 4) is 0 Å². The molecule has 0 fully saturated rings. The molecule has 0 atom stereocenters. The number of nitrogens with one attached hydrogen (secondary N) is 1. The molecule has 1 heterocycles. The molecule has 0 radical (unpaired) electrons. The van der Waals surface area contributed by atoms with Crippen LogP contribution in [0.1, 0.15) is 26.5 Å². The Labute approximate surface area is 151 Å². The van der Waals surface area contributed by atoms with Crippen LogP contribution in [0, 0.1) is 10.1 Å². The molecule has 0 aliphatic carbocycles. The average Bonchev–Trinajstić information content (AvgIpc) is 3.15. The van der Waals surface area contributed by atoms with E-state index in [9.17, 15) is 18.5 Å². The van der Waals surface area contributed by atoms with Crippen LogP contribution < -0.4 is 5.43 Å². The largest absolute Gasteiger partial charge is 0.463 e. The fraction of sp³-hybridized carbons (Fsp3) is 0.312. The van der Waals surface area contributed by atoms with Crippen molar-refractivity contribution < 1.29 is 17.8 Å². The highest BCUT2D eigenvalue weighted by Gasteiger charge is 2.25. The summed E-state index contributed by atoms with van der Waals surface area (Å²) in [4.78, 5) is 10.6. The summed E-state index contributed by atoms with van der Waals surface area (Å²) in [7, 11) is -3.79. The van der Waals surface area contributed by atoms with Gasteiger partial charge in [-0.25, -0.2) is 8.42 Å². The van der Waals surface area contributed by atoms with Crippen LogP contribution >= 0.6 is 0 Å². The Hall–Kier alpha value is -2.72. The van der Waals surface area contributed by atoms with E-state index in [4.69, 9.17) is 4.42 Å². The lowest BCUT2D eigenvalue weighted by Crippen LogP contribution is -2.30. The minimum atomic E-state index is -3.79. The number of hydrogen-bond donors (Lipinski definition) is 1. The predicted molar refractivity (Wildman–Crippen MR) is 97.7 cm³/mol. The minimum Gasteiger partial charge on any atom is -0.463 e. The van der Waals surface area contributed by atoms with Gasteiger partial charge in [0, 0.05) is 19.2 Å². The van der Waals surface area contributed by atoms with E-state index < -0.39 is 14.9 Å². The normalized spacial score (nSPS) is 12.4. The molecule has 0 aliphatic rings. The number of rotatable bonds is 8. The SMILES string of the molecule is CCN(CC)S(=O)(=O)c1ccc(N/N=C(\C)c2ccco2)c([N+](=O)[O-])c1. The monoisotopic (exact) mass is 380 g/mol. The third-order valence-electron chi connectivity index (χ3n) is 3.73. The lowest BCUT2D eigenvalue weighted by molar-refractivity contribution is -0.384. The molecule has 0 saturated heterocycles. The molecule has 0 saturated carbocycles. The molecule has 26 heavy (non-hydrogen) atoms. The van der Waals surface area contributed by atoms with Crippen molar-refractivity contribution in [2.45, 2.75) is 25.7 Å². The molecule has 140 valence electrons. The number of sulfonamides is 1. The number of furan rings is 1. The van der Waals surface area contributed by atoms with Crippen LogP contribution in [0.25, 0.3) is 0 Å². The predicted octanol–water partition coefficient (Wildman–Crippen LogP) is 3.05. The van der Waals surface area contributed by atoms with E-state index in [1.165, 1.54) is 22.7 Å². The molecule has 0 bridgehead atoms. The van der Waals surface area contributed by atoms with Crippen molar-refractivity contribution in [3.63, 3.8) is 0 Å². The molecule has 9 nitrogen and oxygen atoms in total. The van der Waals surface area contributed by atoms with E-state index in [0.29, 0.717) is 11.5 Å². The first-order valence-corrected chi connectivity index (χ1v) is 9.38. The first kappa shape index (κ1) is 19.6. The van der Waals surface area contributed by atoms with Gasteiger partial charge in [0.15, 0.2) is 0 Å². The van der Waals surface area contributed by atoms with Crippen molar-refractivity contribution in [2.24, 2.45) is 5.10 Å². The quantitative estimate of drug-likeness (QED) is 0.427. The summed E-state index contributed by atoms with van der Waals surface area (Å²) in [5.74, 6) is 0.515. The Bertz CT molecular complexity index is 903. The highest BCUT2D eigenvalue weighted by Crippen LogP contribution is 2.29. The van der Waals surface area contributed by atoms with Gasteiger partial charge in [-0.05, 0) is 31.2 Å². The van der Waals surface area contributed by atoms with E-state index in [1.807, 2.05) is 0 Å². The van der Waals surface area contributed by atoms with Gasteiger partial charge in [0.25, 0.3) is 5.69 Å². The standard InChI is InChI=1S/C16H20N4O5S/c1-4-19(5-2)26(23,24)13-8-9-14(15(11-13)20(21)22)18-17-12(3)16-7-6-10-25-16/h6-11,18H,4-5H2,1-3H3/b17-12+. The Kier molecular flexibility index (Phi) is 6.11. The summed E-state index contributed by atoms with van der Waals surface area (Å²) in [5.41, 5.74) is 2.79. The Morgan fingerprint density at radius 1 is 1.31 bits per heavy atom. The average molecular weight is 380 g/mol. The number of nitrogens with zero attached hydrogens (tertiary/aromatic N) is 3. The van der Waals surface area contributed by atoms with Gasteiger partial charge < -0.3 is 4.42 Å². The molecule has 2 aromatic rings. The molecule has 1 aromatic heterocycles. The molecule has 10 heteroatoms. The highest BCUT2D eigenvalue weighted by atomic mass is 32.2. The van der Waals surface area contributed by atoms with Gasteiger partial charge >= 0.3 is 0 Å². The van der Waals surface area contributed by atoms with Crippen LogP contribution in [0.15, 0.2) is 51.0 Å². The highest BCUT2D eigenvalue weighted by molar-refractivity contribution is 7.89. The van der Waals surface area contributed by atoms with Crippen molar-refractivity contribution in [3.05, 3.63) is 52.5 Å². The molecule has 1 N–H and O–H groups in total. The third kappa shape index (κ3) is 4.09. The summed E-state index contributed by atoms with van der Waals surface area (Å²) in [6, 6.07) is 7.08. The molecule has 0 aliphatic heterocycles. The zero-order chi connectivity index (χ0) is 19.3.